The van der Waals surface area contributed by atoms with E-state index in [1.165, 1.54) is 141 Å². The minimum Gasteiger partial charge on any atom is -0.462 e. The Labute approximate surface area is 426 Å². The molecule has 1 atom stereocenters. The summed E-state index contributed by atoms with van der Waals surface area (Å²) in [4.78, 5) is 38.1. The minimum absolute atomic E-state index is 0.119. The van der Waals surface area contributed by atoms with Crippen molar-refractivity contribution in [2.24, 2.45) is 0 Å². The lowest BCUT2D eigenvalue weighted by atomic mass is 10.0. The Bertz CT molecular complexity index is 1380. The first-order chi connectivity index (χ1) is 34.0. The highest BCUT2D eigenvalue weighted by atomic mass is 16.6. The molecule has 0 fully saturated rings. The second-order valence-electron chi connectivity index (χ2n) is 18.8. The molecule has 1 unspecified atom stereocenters. The number of hydrogen-bond donors (Lipinski definition) is 0. The Balaban J connectivity index is 4.53. The number of allylic oxidation sites excluding steroid dienone is 16. The van der Waals surface area contributed by atoms with E-state index in [1.54, 1.807) is 0 Å². The van der Waals surface area contributed by atoms with Crippen molar-refractivity contribution < 1.29 is 28.6 Å². The number of esters is 3. The van der Waals surface area contributed by atoms with E-state index in [1.807, 2.05) is 12.2 Å². The lowest BCUT2D eigenvalue weighted by Crippen LogP contribution is -2.30. The monoisotopic (exact) mass is 959 g/mol. The van der Waals surface area contributed by atoms with Gasteiger partial charge in [0.1, 0.15) is 13.2 Å². The van der Waals surface area contributed by atoms with Crippen molar-refractivity contribution in [1.29, 1.82) is 0 Å². The van der Waals surface area contributed by atoms with Gasteiger partial charge in [-0.1, -0.05) is 259 Å². The van der Waals surface area contributed by atoms with Crippen molar-refractivity contribution in [2.45, 2.75) is 271 Å². The van der Waals surface area contributed by atoms with Crippen LogP contribution in [0.4, 0.5) is 0 Å². The molecule has 0 spiro atoms. The summed E-state index contributed by atoms with van der Waals surface area (Å²) in [6.07, 6.45) is 75.6. The molecule has 6 nitrogen and oxygen atoms in total. The van der Waals surface area contributed by atoms with E-state index < -0.39 is 6.10 Å². The van der Waals surface area contributed by atoms with E-state index in [0.29, 0.717) is 19.3 Å². The zero-order valence-electron chi connectivity index (χ0n) is 45.0. The Morgan fingerprint density at radius 2 is 0.609 bits per heavy atom. The maximum Gasteiger partial charge on any atom is 0.306 e. The first kappa shape index (κ1) is 65.3. The minimum atomic E-state index is -0.833. The molecule has 0 radical (unpaired) electrons. The van der Waals surface area contributed by atoms with Gasteiger partial charge in [-0.15, -0.1) is 0 Å². The number of hydrogen-bond acceptors (Lipinski definition) is 6. The van der Waals surface area contributed by atoms with Gasteiger partial charge in [-0.2, -0.15) is 0 Å². The summed E-state index contributed by atoms with van der Waals surface area (Å²) in [5.74, 6) is -1.05. The van der Waals surface area contributed by atoms with Crippen molar-refractivity contribution in [3.05, 3.63) is 97.2 Å². The zero-order chi connectivity index (χ0) is 50.0. The molecule has 0 saturated carbocycles. The van der Waals surface area contributed by atoms with Crippen LogP contribution in [0.5, 0.6) is 0 Å². The van der Waals surface area contributed by atoms with Crippen LogP contribution in [-0.4, -0.2) is 37.2 Å². The molecule has 0 aromatic rings. The third-order valence-electron chi connectivity index (χ3n) is 12.1. The Hall–Kier alpha value is -3.67. The Morgan fingerprint density at radius 3 is 1.01 bits per heavy atom. The van der Waals surface area contributed by atoms with E-state index >= 15 is 0 Å². The molecule has 0 rings (SSSR count). The van der Waals surface area contributed by atoms with Gasteiger partial charge in [-0.3, -0.25) is 14.4 Å². The molecule has 0 amide bonds. The Morgan fingerprint density at radius 1 is 0.304 bits per heavy atom. The fourth-order valence-corrected chi connectivity index (χ4v) is 7.80. The van der Waals surface area contributed by atoms with Gasteiger partial charge < -0.3 is 14.2 Å². The fraction of sp³-hybridized carbons (Fsp3) is 0.698. The van der Waals surface area contributed by atoms with Gasteiger partial charge in [0.2, 0.25) is 0 Å². The SMILES string of the molecule is CC/C=C\C/C=C\C/C=C\C/C=C\C/C=C\CCC(=O)OCC(COC(=O)CCCCCCCCCCCCCCCCCCCC)OC(=O)CCC/C=C\C/C=C\C/C=C\CCCCCCCC. The van der Waals surface area contributed by atoms with Crippen molar-refractivity contribution in [3.8, 4) is 0 Å². The predicted octanol–water partition coefficient (Wildman–Crippen LogP) is 19.3. The molecule has 0 aliphatic carbocycles. The van der Waals surface area contributed by atoms with Crippen LogP contribution < -0.4 is 0 Å². The van der Waals surface area contributed by atoms with Gasteiger partial charge in [0.25, 0.3) is 0 Å². The van der Waals surface area contributed by atoms with E-state index in [9.17, 15) is 14.4 Å². The first-order valence-electron chi connectivity index (χ1n) is 28.7. The molecule has 6 heteroatoms. The molecule has 0 aromatic carbocycles. The molecular formula is C63H106O6. The van der Waals surface area contributed by atoms with Crippen molar-refractivity contribution in [2.75, 3.05) is 13.2 Å². The third-order valence-corrected chi connectivity index (χ3v) is 12.1. The molecule has 0 saturated heterocycles. The van der Waals surface area contributed by atoms with Crippen LogP contribution in [0, 0.1) is 0 Å². The molecule has 69 heavy (non-hydrogen) atoms. The van der Waals surface area contributed by atoms with Gasteiger partial charge in [-0.05, 0) is 83.5 Å². The van der Waals surface area contributed by atoms with Crippen LogP contribution >= 0.6 is 0 Å². The summed E-state index contributed by atoms with van der Waals surface area (Å²) in [6.45, 7) is 6.43. The summed E-state index contributed by atoms with van der Waals surface area (Å²) in [7, 11) is 0. The average Bonchev–Trinajstić information content (AvgIpc) is 3.35. The highest BCUT2D eigenvalue weighted by molar-refractivity contribution is 5.71. The molecule has 0 aliphatic heterocycles. The van der Waals surface area contributed by atoms with E-state index in [2.05, 4.69) is 106 Å². The topological polar surface area (TPSA) is 78.9 Å². The van der Waals surface area contributed by atoms with Gasteiger partial charge in [0, 0.05) is 19.3 Å². The average molecular weight is 960 g/mol. The summed E-state index contributed by atoms with van der Waals surface area (Å²) in [6, 6.07) is 0. The summed E-state index contributed by atoms with van der Waals surface area (Å²) in [5.41, 5.74) is 0. The maximum absolute atomic E-state index is 12.8. The zero-order valence-corrected chi connectivity index (χ0v) is 45.0. The molecule has 0 aromatic heterocycles. The lowest BCUT2D eigenvalue weighted by Gasteiger charge is -2.18. The van der Waals surface area contributed by atoms with Crippen molar-refractivity contribution >= 4 is 17.9 Å². The van der Waals surface area contributed by atoms with E-state index in [-0.39, 0.29) is 44.0 Å². The van der Waals surface area contributed by atoms with Crippen molar-refractivity contribution in [1.82, 2.24) is 0 Å². The van der Waals surface area contributed by atoms with Crippen LogP contribution in [0.3, 0.4) is 0 Å². The third kappa shape index (κ3) is 55.1. The van der Waals surface area contributed by atoms with Crippen LogP contribution in [0.1, 0.15) is 265 Å². The van der Waals surface area contributed by atoms with Gasteiger partial charge in [0.05, 0.1) is 0 Å². The predicted molar refractivity (Wildman–Crippen MR) is 297 cm³/mol. The Kier molecular flexibility index (Phi) is 53.9. The normalized spacial score (nSPS) is 12.8. The largest absolute Gasteiger partial charge is 0.462 e. The standard InChI is InChI=1S/C63H106O6/c1-4-7-10-13-16-19-22-25-28-31-33-35-38-41-44-47-50-53-56-62(65)68-59-60(58-67-61(64)55-52-49-46-43-40-37-34-30-27-24-21-18-15-12-9-6-3)69-63(66)57-54-51-48-45-42-39-36-32-29-26-23-20-17-14-11-8-5-2/h9,12,18,21,26-27,29-30,36-37,39-40,45-46,48-49,60H,4-8,10-11,13-17,19-20,22-25,28,31-35,38,41-44,47,50-59H2,1-3H3/b12-9-,21-18-,29-26-,30-27-,39-36-,40-37-,48-45-,49-46-. The highest BCUT2D eigenvalue weighted by Gasteiger charge is 2.19. The van der Waals surface area contributed by atoms with E-state index in [0.717, 1.165) is 70.6 Å². The molecule has 0 N–H and O–H groups in total. The van der Waals surface area contributed by atoms with Crippen LogP contribution in [-0.2, 0) is 28.6 Å². The highest BCUT2D eigenvalue weighted by Crippen LogP contribution is 2.15. The van der Waals surface area contributed by atoms with Crippen molar-refractivity contribution in [3.63, 3.8) is 0 Å². The quantitative estimate of drug-likeness (QED) is 0.0262. The summed E-state index contributed by atoms with van der Waals surface area (Å²) < 4.78 is 16.7. The molecule has 0 heterocycles. The van der Waals surface area contributed by atoms with Gasteiger partial charge >= 0.3 is 17.9 Å². The van der Waals surface area contributed by atoms with E-state index in [4.69, 9.17) is 14.2 Å². The summed E-state index contributed by atoms with van der Waals surface area (Å²) in [5, 5.41) is 0. The molecular weight excluding hydrogens is 853 g/mol. The second-order valence-corrected chi connectivity index (χ2v) is 18.8. The number of carbonyl (C=O) groups is 3. The van der Waals surface area contributed by atoms with Crippen LogP contribution in [0.2, 0.25) is 0 Å². The van der Waals surface area contributed by atoms with Gasteiger partial charge in [-0.25, -0.2) is 0 Å². The number of ether oxygens (including phenoxy) is 3. The van der Waals surface area contributed by atoms with Gasteiger partial charge in [0.15, 0.2) is 6.10 Å². The number of carbonyl (C=O) groups excluding carboxylic acids is 3. The smallest absolute Gasteiger partial charge is 0.306 e. The van der Waals surface area contributed by atoms with Crippen LogP contribution in [0.15, 0.2) is 97.2 Å². The first-order valence-corrected chi connectivity index (χ1v) is 28.7. The molecule has 0 bridgehead atoms. The fourth-order valence-electron chi connectivity index (χ4n) is 7.80. The lowest BCUT2D eigenvalue weighted by molar-refractivity contribution is -0.166. The summed E-state index contributed by atoms with van der Waals surface area (Å²) >= 11 is 0. The second kappa shape index (κ2) is 56.9. The molecule has 0 aliphatic rings. The van der Waals surface area contributed by atoms with Crippen LogP contribution in [0.25, 0.3) is 0 Å². The number of rotatable bonds is 51. The number of unbranched alkanes of at least 4 members (excludes halogenated alkanes) is 24. The molecule has 394 valence electrons. The maximum atomic E-state index is 12.8.